The Balaban J connectivity index is 1.43. The van der Waals surface area contributed by atoms with E-state index in [9.17, 15) is 0 Å². The van der Waals surface area contributed by atoms with E-state index in [0.717, 1.165) is 22.5 Å². The Morgan fingerprint density at radius 3 is 1.89 bits per heavy atom. The van der Waals surface area contributed by atoms with Crippen LogP contribution in [0.2, 0.25) is 0 Å². The van der Waals surface area contributed by atoms with Gasteiger partial charge in [-0.3, -0.25) is 4.57 Å². The second-order valence-electron chi connectivity index (χ2n) is 13.0. The molecule has 0 saturated carbocycles. The molecule has 222 valence electrons. The lowest BCUT2D eigenvalue weighted by atomic mass is 9.81. The standard InChI is InChI=1S/C43H29N3S/c1-43(2)33-19-11-9-17-28(33)29-21-22-31-30-23-24-37-38(32-18-10-12-20-36(32)47-37)40(30)46(41(31)39(29)43)42-44-34(26-13-5-3-6-14-26)25-35(45-42)27-15-7-4-8-16-27/h3-25H,1-2H3. The number of thiophene rings is 1. The largest absolute Gasteiger partial charge is 0.277 e. The summed E-state index contributed by atoms with van der Waals surface area (Å²) in [6, 6.07) is 50.0. The third kappa shape index (κ3) is 3.73. The van der Waals surface area contributed by atoms with E-state index in [4.69, 9.17) is 9.97 Å². The number of rotatable bonds is 3. The second kappa shape index (κ2) is 9.71. The summed E-state index contributed by atoms with van der Waals surface area (Å²) in [5, 5.41) is 4.98. The van der Waals surface area contributed by atoms with Gasteiger partial charge in [-0.15, -0.1) is 11.3 Å². The van der Waals surface area contributed by atoms with Crippen LogP contribution in [0.15, 0.2) is 140 Å². The quantitative estimate of drug-likeness (QED) is 0.197. The zero-order valence-corrected chi connectivity index (χ0v) is 26.8. The third-order valence-corrected chi connectivity index (χ3v) is 11.1. The average molecular weight is 620 g/mol. The number of aromatic nitrogens is 3. The SMILES string of the molecule is CC1(C)c2ccccc2-c2ccc3c4ccc5sc6ccccc6c5c4n(-c4nc(-c5ccccc5)cc(-c5ccccc5)n4)c3c21. The van der Waals surface area contributed by atoms with Crippen LogP contribution in [0.1, 0.15) is 25.0 Å². The summed E-state index contributed by atoms with van der Waals surface area (Å²) in [5.74, 6) is 0.688. The van der Waals surface area contributed by atoms with Gasteiger partial charge in [0.25, 0.3) is 0 Å². The van der Waals surface area contributed by atoms with E-state index in [-0.39, 0.29) is 5.41 Å². The molecule has 0 aliphatic heterocycles. The fourth-order valence-electron chi connectivity index (χ4n) is 7.90. The first-order valence-corrected chi connectivity index (χ1v) is 16.9. The summed E-state index contributed by atoms with van der Waals surface area (Å²) < 4.78 is 4.95. The van der Waals surface area contributed by atoms with Crippen LogP contribution >= 0.6 is 11.3 Å². The summed E-state index contributed by atoms with van der Waals surface area (Å²) in [7, 11) is 0. The van der Waals surface area contributed by atoms with E-state index in [1.54, 1.807) is 0 Å². The lowest BCUT2D eigenvalue weighted by molar-refractivity contribution is 0.663. The van der Waals surface area contributed by atoms with Crippen LogP contribution < -0.4 is 0 Å². The molecule has 0 bridgehead atoms. The maximum atomic E-state index is 5.42. The van der Waals surface area contributed by atoms with Gasteiger partial charge in [0.2, 0.25) is 5.95 Å². The van der Waals surface area contributed by atoms with Gasteiger partial charge in [-0.25, -0.2) is 9.97 Å². The Labute approximate surface area is 276 Å². The molecule has 0 radical (unpaired) electrons. The highest BCUT2D eigenvalue weighted by molar-refractivity contribution is 7.26. The lowest BCUT2D eigenvalue weighted by Gasteiger charge is -2.23. The molecular weight excluding hydrogens is 591 g/mol. The van der Waals surface area contributed by atoms with E-state index < -0.39 is 0 Å². The van der Waals surface area contributed by atoms with Crippen molar-refractivity contribution in [2.24, 2.45) is 0 Å². The molecule has 0 atom stereocenters. The summed E-state index contributed by atoms with van der Waals surface area (Å²) in [5.41, 5.74) is 11.4. The highest BCUT2D eigenvalue weighted by Gasteiger charge is 2.39. The second-order valence-corrected chi connectivity index (χ2v) is 14.1. The number of hydrogen-bond acceptors (Lipinski definition) is 3. The van der Waals surface area contributed by atoms with E-state index >= 15 is 0 Å². The van der Waals surface area contributed by atoms with Gasteiger partial charge in [-0.05, 0) is 40.5 Å². The topological polar surface area (TPSA) is 30.7 Å². The smallest absolute Gasteiger partial charge is 0.235 e. The first-order valence-electron chi connectivity index (χ1n) is 16.1. The van der Waals surface area contributed by atoms with Crippen LogP contribution in [0.4, 0.5) is 0 Å². The van der Waals surface area contributed by atoms with Crippen molar-refractivity contribution in [3.63, 3.8) is 0 Å². The first kappa shape index (κ1) is 26.6. The normalized spacial score (nSPS) is 13.5. The Morgan fingerprint density at radius 2 is 1.15 bits per heavy atom. The molecule has 10 rings (SSSR count). The number of benzene rings is 6. The minimum Gasteiger partial charge on any atom is -0.277 e. The number of hydrogen-bond donors (Lipinski definition) is 0. The van der Waals surface area contributed by atoms with Crippen molar-refractivity contribution in [3.8, 4) is 39.6 Å². The molecular formula is C43H29N3S. The fraction of sp³-hybridized carbons (Fsp3) is 0.0698. The average Bonchev–Trinajstić information content (AvgIpc) is 3.74. The van der Waals surface area contributed by atoms with Crippen molar-refractivity contribution in [3.05, 3.63) is 151 Å². The Bertz CT molecular complexity index is 2640. The van der Waals surface area contributed by atoms with E-state index in [1.165, 1.54) is 64.2 Å². The van der Waals surface area contributed by atoms with Gasteiger partial charge >= 0.3 is 0 Å². The van der Waals surface area contributed by atoms with Crippen LogP contribution in [-0.4, -0.2) is 14.5 Å². The Kier molecular flexibility index (Phi) is 5.50. The van der Waals surface area contributed by atoms with Gasteiger partial charge in [0, 0.05) is 47.5 Å². The minimum atomic E-state index is -0.216. The Morgan fingerprint density at radius 1 is 0.532 bits per heavy atom. The predicted octanol–water partition coefficient (Wildman–Crippen LogP) is 11.6. The van der Waals surface area contributed by atoms with Gasteiger partial charge in [-0.2, -0.15) is 0 Å². The predicted molar refractivity (Wildman–Crippen MR) is 198 cm³/mol. The molecule has 47 heavy (non-hydrogen) atoms. The Hall–Kier alpha value is -5.58. The molecule has 9 aromatic rings. The molecule has 1 aliphatic carbocycles. The van der Waals surface area contributed by atoms with E-state index in [2.05, 4.69) is 158 Å². The monoisotopic (exact) mass is 619 g/mol. The van der Waals surface area contributed by atoms with Crippen molar-refractivity contribution < 1.29 is 0 Å². The fourth-order valence-corrected chi connectivity index (χ4v) is 9.01. The van der Waals surface area contributed by atoms with Crippen LogP contribution in [0, 0.1) is 0 Å². The molecule has 6 aromatic carbocycles. The summed E-state index contributed by atoms with van der Waals surface area (Å²) >= 11 is 1.85. The molecule has 0 fully saturated rings. The number of nitrogens with zero attached hydrogens (tertiary/aromatic N) is 3. The van der Waals surface area contributed by atoms with Crippen molar-refractivity contribution in [1.82, 2.24) is 14.5 Å². The van der Waals surface area contributed by atoms with Gasteiger partial charge in [0.1, 0.15) is 0 Å². The molecule has 0 amide bonds. The molecule has 0 N–H and O–H groups in total. The van der Waals surface area contributed by atoms with Crippen molar-refractivity contribution >= 4 is 53.3 Å². The van der Waals surface area contributed by atoms with Crippen LogP contribution in [0.3, 0.4) is 0 Å². The molecule has 0 unspecified atom stereocenters. The van der Waals surface area contributed by atoms with Gasteiger partial charge < -0.3 is 0 Å². The van der Waals surface area contributed by atoms with Gasteiger partial charge in [-0.1, -0.05) is 135 Å². The lowest BCUT2D eigenvalue weighted by Crippen LogP contribution is -2.17. The molecule has 3 heterocycles. The molecule has 0 saturated heterocycles. The van der Waals surface area contributed by atoms with E-state index in [1.807, 2.05) is 11.3 Å². The maximum absolute atomic E-state index is 5.42. The van der Waals surface area contributed by atoms with Crippen LogP contribution in [0.5, 0.6) is 0 Å². The van der Waals surface area contributed by atoms with Gasteiger partial charge in [0.05, 0.1) is 22.4 Å². The molecule has 1 aliphatic rings. The van der Waals surface area contributed by atoms with E-state index in [0.29, 0.717) is 5.95 Å². The summed E-state index contributed by atoms with van der Waals surface area (Å²) in [4.78, 5) is 10.8. The van der Waals surface area contributed by atoms with Crippen molar-refractivity contribution in [2.75, 3.05) is 0 Å². The molecule has 3 aromatic heterocycles. The van der Waals surface area contributed by atoms with Gasteiger partial charge in [0.15, 0.2) is 0 Å². The zero-order valence-electron chi connectivity index (χ0n) is 26.0. The zero-order chi connectivity index (χ0) is 31.3. The maximum Gasteiger partial charge on any atom is 0.235 e. The molecule has 3 nitrogen and oxygen atoms in total. The molecule has 0 spiro atoms. The third-order valence-electron chi connectivity index (χ3n) is 10.0. The van der Waals surface area contributed by atoms with Crippen molar-refractivity contribution in [1.29, 1.82) is 0 Å². The summed E-state index contributed by atoms with van der Waals surface area (Å²) in [6.07, 6.45) is 0. The highest BCUT2D eigenvalue weighted by Crippen LogP contribution is 2.54. The van der Waals surface area contributed by atoms with Crippen molar-refractivity contribution in [2.45, 2.75) is 19.3 Å². The van der Waals surface area contributed by atoms with Crippen LogP contribution in [0.25, 0.3) is 81.6 Å². The summed E-state index contributed by atoms with van der Waals surface area (Å²) in [6.45, 7) is 4.73. The first-order chi connectivity index (χ1) is 23.1. The number of fused-ring (bicyclic) bond motifs is 11. The highest BCUT2D eigenvalue weighted by atomic mass is 32.1. The van der Waals surface area contributed by atoms with Crippen LogP contribution in [-0.2, 0) is 5.41 Å². The molecule has 4 heteroatoms. The minimum absolute atomic E-state index is 0.216.